The van der Waals surface area contributed by atoms with Gasteiger partial charge in [0.25, 0.3) is 0 Å². The second kappa shape index (κ2) is 8.55. The zero-order valence-electron chi connectivity index (χ0n) is 23.1. The van der Waals surface area contributed by atoms with Gasteiger partial charge in [0.2, 0.25) is 0 Å². The van der Waals surface area contributed by atoms with Crippen LogP contribution in [0.3, 0.4) is 0 Å². The molecule has 0 radical (unpaired) electrons. The molecule has 6 aliphatic rings. The summed E-state index contributed by atoms with van der Waals surface area (Å²) in [6, 6.07) is 25.7. The maximum atomic E-state index is 13.3. The highest BCUT2D eigenvalue weighted by atomic mass is 16.6. The highest BCUT2D eigenvalue weighted by molar-refractivity contribution is 5.82. The average molecular weight is 534 g/mol. The van der Waals surface area contributed by atoms with Crippen LogP contribution in [0.25, 0.3) is 0 Å². The number of rotatable bonds is 7. The highest BCUT2D eigenvalue weighted by Gasteiger charge is 2.79. The summed E-state index contributed by atoms with van der Waals surface area (Å²) >= 11 is 0. The first-order chi connectivity index (χ1) is 19.5. The Morgan fingerprint density at radius 1 is 1.00 bits per heavy atom. The van der Waals surface area contributed by atoms with Gasteiger partial charge in [-0.05, 0) is 55.5 Å². The molecule has 1 saturated carbocycles. The van der Waals surface area contributed by atoms with E-state index in [4.69, 9.17) is 14.2 Å². The Labute approximate surface area is 235 Å². The Morgan fingerprint density at radius 2 is 1.75 bits per heavy atom. The first-order valence-corrected chi connectivity index (χ1v) is 14.6. The standard InChI is InChI=1S/C35H35NO4/c1-23(37)27-20-33-15-16-35(27,38-2)32-34(33)17-18-36(21-24-9-5-3-6-10-24)29(33)19-26-13-14-28(31(40-32)30(26)34)39-22-25-11-7-4-8-12-25/h3-16,27,29,32H,17-22H2,1-2H3/t27-,29+,32-,33-,34+,35-/m0/s1. The molecule has 0 unspecified atom stereocenters. The van der Waals surface area contributed by atoms with Gasteiger partial charge in [0.15, 0.2) is 11.5 Å². The number of benzene rings is 3. The quantitative estimate of drug-likeness (QED) is 0.368. The van der Waals surface area contributed by atoms with Gasteiger partial charge in [-0.2, -0.15) is 0 Å². The Balaban J connectivity index is 1.28. The molecule has 0 N–H and O–H groups in total. The molecule has 4 aliphatic carbocycles. The van der Waals surface area contributed by atoms with Gasteiger partial charge in [-0.3, -0.25) is 9.69 Å². The molecule has 1 saturated heterocycles. The van der Waals surface area contributed by atoms with Crippen LogP contribution in [0.1, 0.15) is 42.0 Å². The number of piperidine rings is 1. The van der Waals surface area contributed by atoms with Crippen molar-refractivity contribution in [1.29, 1.82) is 0 Å². The van der Waals surface area contributed by atoms with Crippen LogP contribution >= 0.6 is 0 Å². The van der Waals surface area contributed by atoms with Gasteiger partial charge in [-0.1, -0.05) is 78.9 Å². The molecular formula is C35H35NO4. The van der Waals surface area contributed by atoms with E-state index in [1.807, 2.05) is 18.2 Å². The number of hydrogen-bond donors (Lipinski definition) is 0. The van der Waals surface area contributed by atoms with Crippen molar-refractivity contribution >= 4 is 5.78 Å². The van der Waals surface area contributed by atoms with Crippen molar-refractivity contribution in [2.45, 2.75) is 62.5 Å². The van der Waals surface area contributed by atoms with Gasteiger partial charge >= 0.3 is 0 Å². The lowest BCUT2D eigenvalue weighted by atomic mass is 9.37. The number of likely N-dealkylation sites (tertiary alicyclic amines) is 1. The van der Waals surface area contributed by atoms with Crippen molar-refractivity contribution in [2.75, 3.05) is 13.7 Å². The van der Waals surface area contributed by atoms with Crippen LogP contribution < -0.4 is 9.47 Å². The van der Waals surface area contributed by atoms with E-state index in [9.17, 15) is 4.79 Å². The summed E-state index contributed by atoms with van der Waals surface area (Å²) in [6.07, 6.45) is 7.05. The minimum absolute atomic E-state index is 0.180. The Bertz CT molecular complexity index is 1520. The summed E-state index contributed by atoms with van der Waals surface area (Å²) in [5.74, 6) is 1.59. The fourth-order valence-corrected chi connectivity index (χ4v) is 9.23. The van der Waals surface area contributed by atoms with E-state index >= 15 is 0 Å². The largest absolute Gasteiger partial charge is 0.485 e. The molecule has 2 aliphatic heterocycles. The fourth-order valence-electron chi connectivity index (χ4n) is 9.23. The number of nitrogens with zero attached hydrogens (tertiary/aromatic N) is 1. The Morgan fingerprint density at radius 3 is 2.48 bits per heavy atom. The van der Waals surface area contributed by atoms with E-state index < -0.39 is 5.60 Å². The van der Waals surface area contributed by atoms with Gasteiger partial charge < -0.3 is 14.2 Å². The summed E-state index contributed by atoms with van der Waals surface area (Å²) in [5, 5.41) is 0. The molecule has 4 bridgehead atoms. The van der Waals surface area contributed by atoms with Gasteiger partial charge in [-0.15, -0.1) is 0 Å². The number of hydrogen-bond acceptors (Lipinski definition) is 5. The second-order valence-electron chi connectivity index (χ2n) is 12.4. The molecule has 5 nitrogen and oxygen atoms in total. The number of fused-ring (bicyclic) bond motifs is 1. The fraction of sp³-hybridized carbons (Fsp3) is 0.400. The molecule has 40 heavy (non-hydrogen) atoms. The third-order valence-electron chi connectivity index (χ3n) is 10.9. The summed E-state index contributed by atoms with van der Waals surface area (Å²) in [5.41, 5.74) is 3.86. The molecule has 3 aromatic carbocycles. The van der Waals surface area contributed by atoms with Gasteiger partial charge in [0.1, 0.15) is 24.1 Å². The van der Waals surface area contributed by atoms with E-state index in [0.29, 0.717) is 6.61 Å². The smallest absolute Gasteiger partial charge is 0.166 e. The molecule has 2 spiro atoms. The van der Waals surface area contributed by atoms with Crippen LogP contribution in [0.5, 0.6) is 11.5 Å². The molecule has 0 aromatic heterocycles. The van der Waals surface area contributed by atoms with Crippen molar-refractivity contribution in [3.63, 3.8) is 0 Å². The molecule has 2 heterocycles. The van der Waals surface area contributed by atoms with Crippen molar-refractivity contribution in [2.24, 2.45) is 11.3 Å². The van der Waals surface area contributed by atoms with Crippen LogP contribution in [0.2, 0.25) is 0 Å². The molecule has 0 amide bonds. The van der Waals surface area contributed by atoms with E-state index in [1.165, 1.54) is 16.7 Å². The van der Waals surface area contributed by atoms with Gasteiger partial charge in [0.05, 0.1) is 11.3 Å². The Hall–Kier alpha value is -3.41. The number of carbonyl (C=O) groups is 1. The lowest BCUT2D eigenvalue weighted by molar-refractivity contribution is -0.215. The first kappa shape index (κ1) is 24.4. The van der Waals surface area contributed by atoms with Crippen molar-refractivity contribution in [3.8, 4) is 11.5 Å². The minimum Gasteiger partial charge on any atom is -0.485 e. The highest BCUT2D eigenvalue weighted by Crippen LogP contribution is 2.74. The third-order valence-corrected chi connectivity index (χ3v) is 10.9. The molecule has 9 rings (SSSR count). The predicted molar refractivity (Wildman–Crippen MR) is 152 cm³/mol. The van der Waals surface area contributed by atoms with Gasteiger partial charge in [0, 0.05) is 30.7 Å². The normalized spacial score (nSPS) is 34.3. The number of methoxy groups -OCH3 is 1. The van der Waals surface area contributed by atoms with E-state index in [0.717, 1.165) is 49.4 Å². The van der Waals surface area contributed by atoms with Crippen molar-refractivity contribution in [3.05, 3.63) is 107 Å². The zero-order valence-corrected chi connectivity index (χ0v) is 23.1. The van der Waals surface area contributed by atoms with Gasteiger partial charge in [-0.25, -0.2) is 0 Å². The van der Waals surface area contributed by atoms with Crippen LogP contribution in [-0.4, -0.2) is 42.1 Å². The second-order valence-corrected chi connectivity index (χ2v) is 12.4. The molecule has 3 aromatic rings. The first-order valence-electron chi connectivity index (χ1n) is 14.6. The van der Waals surface area contributed by atoms with Crippen LogP contribution in [0, 0.1) is 11.3 Å². The summed E-state index contributed by atoms with van der Waals surface area (Å²) in [6.45, 7) is 4.10. The summed E-state index contributed by atoms with van der Waals surface area (Å²) < 4.78 is 19.9. The molecular weight excluding hydrogens is 498 g/mol. The number of ketones is 1. The number of ether oxygens (including phenoxy) is 3. The van der Waals surface area contributed by atoms with E-state index in [2.05, 4.69) is 71.6 Å². The minimum atomic E-state index is -0.788. The molecule has 2 fully saturated rings. The zero-order chi connectivity index (χ0) is 27.1. The summed E-state index contributed by atoms with van der Waals surface area (Å²) in [4.78, 5) is 16.0. The SMILES string of the molecule is CO[C@@]12C=C[C@]3(C[C@H]1C(C)=O)[C@H]1Cc4ccc(OCc5ccccc5)c5c4[C@]3(CCN1Cc1ccccc1)[C@@H]2O5. The lowest BCUT2D eigenvalue weighted by Gasteiger charge is -2.71. The Kier molecular flexibility index (Phi) is 5.21. The van der Waals surface area contributed by atoms with Crippen molar-refractivity contribution in [1.82, 2.24) is 4.90 Å². The van der Waals surface area contributed by atoms with Crippen LogP contribution in [-0.2, 0) is 34.5 Å². The average Bonchev–Trinajstić information content (AvgIpc) is 3.36. The van der Waals surface area contributed by atoms with E-state index in [-0.39, 0.29) is 34.7 Å². The topological polar surface area (TPSA) is 48.0 Å². The lowest BCUT2D eigenvalue weighted by Crippen LogP contribution is -2.79. The predicted octanol–water partition coefficient (Wildman–Crippen LogP) is 5.65. The van der Waals surface area contributed by atoms with Crippen molar-refractivity contribution < 1.29 is 19.0 Å². The van der Waals surface area contributed by atoms with Crippen LogP contribution in [0.15, 0.2) is 84.9 Å². The van der Waals surface area contributed by atoms with E-state index in [1.54, 1.807) is 14.0 Å². The summed E-state index contributed by atoms with van der Waals surface area (Å²) in [7, 11) is 1.75. The van der Waals surface area contributed by atoms with Crippen LogP contribution in [0.4, 0.5) is 0 Å². The number of carbonyl (C=O) groups excluding carboxylic acids is 1. The molecule has 6 atom stereocenters. The molecule has 204 valence electrons. The number of Topliss-reactive ketones (excluding diaryl/α,β-unsaturated/α-hetero) is 1. The molecule has 5 heteroatoms. The maximum Gasteiger partial charge on any atom is 0.166 e. The maximum absolute atomic E-state index is 13.3. The third kappa shape index (κ3) is 2.97. The monoisotopic (exact) mass is 533 g/mol.